The van der Waals surface area contributed by atoms with Gasteiger partial charge in [-0.25, -0.2) is 0 Å². The summed E-state index contributed by atoms with van der Waals surface area (Å²) in [4.78, 5) is 11.2. The fourth-order valence-electron chi connectivity index (χ4n) is 2.26. The lowest BCUT2D eigenvalue weighted by Gasteiger charge is -2.22. The van der Waals surface area contributed by atoms with Gasteiger partial charge in [0, 0.05) is 13.5 Å². The summed E-state index contributed by atoms with van der Waals surface area (Å²) in [5.41, 5.74) is 4.45. The highest BCUT2D eigenvalue weighted by molar-refractivity contribution is 6.83. The SMILES string of the molecule is CC(=O)O[C@H](C#C[Si](C)(C)C)CC/C=C(/C)COC1CCCCO1. The first-order chi connectivity index (χ1) is 11.3. The van der Waals surface area contributed by atoms with Gasteiger partial charge in [0.25, 0.3) is 0 Å². The van der Waals surface area contributed by atoms with Crippen molar-refractivity contribution >= 4 is 14.0 Å². The van der Waals surface area contributed by atoms with E-state index >= 15 is 0 Å². The van der Waals surface area contributed by atoms with Crippen molar-refractivity contribution < 1.29 is 19.0 Å². The molecule has 0 spiro atoms. The summed E-state index contributed by atoms with van der Waals surface area (Å²) < 4.78 is 16.6. The van der Waals surface area contributed by atoms with Crippen molar-refractivity contribution in [2.24, 2.45) is 0 Å². The van der Waals surface area contributed by atoms with Gasteiger partial charge in [-0.1, -0.05) is 37.2 Å². The molecule has 0 amide bonds. The molecular weight excluding hydrogens is 320 g/mol. The van der Waals surface area contributed by atoms with Gasteiger partial charge in [0.15, 0.2) is 12.4 Å². The van der Waals surface area contributed by atoms with E-state index in [9.17, 15) is 4.79 Å². The number of hydrogen-bond acceptors (Lipinski definition) is 4. The van der Waals surface area contributed by atoms with Crippen LogP contribution in [0.4, 0.5) is 0 Å². The summed E-state index contributed by atoms with van der Waals surface area (Å²) in [7, 11) is -1.47. The first-order valence-corrected chi connectivity index (χ1v) is 12.3. The first kappa shape index (κ1) is 21.0. The number of allylic oxidation sites excluding steroid dienone is 1. The van der Waals surface area contributed by atoms with Gasteiger partial charge in [-0.15, -0.1) is 5.54 Å². The van der Waals surface area contributed by atoms with Crippen molar-refractivity contribution in [3.05, 3.63) is 11.6 Å². The van der Waals surface area contributed by atoms with Gasteiger partial charge in [-0.2, -0.15) is 0 Å². The zero-order valence-corrected chi connectivity index (χ0v) is 16.8. The topological polar surface area (TPSA) is 44.8 Å². The predicted molar refractivity (Wildman–Crippen MR) is 99.2 cm³/mol. The van der Waals surface area contributed by atoms with Crippen molar-refractivity contribution in [3.63, 3.8) is 0 Å². The minimum absolute atomic E-state index is 0.0569. The van der Waals surface area contributed by atoms with E-state index in [0.717, 1.165) is 25.9 Å². The average Bonchev–Trinajstić information content (AvgIpc) is 2.50. The second kappa shape index (κ2) is 10.7. The number of carbonyl (C=O) groups is 1. The van der Waals surface area contributed by atoms with Crippen LogP contribution in [0.1, 0.15) is 46.0 Å². The molecule has 0 saturated carbocycles. The monoisotopic (exact) mass is 352 g/mol. The Kier molecular flexibility index (Phi) is 9.35. The van der Waals surface area contributed by atoms with Crippen LogP contribution < -0.4 is 0 Å². The molecular formula is C19H32O4Si. The second-order valence-corrected chi connectivity index (χ2v) is 12.1. The average molecular weight is 353 g/mol. The predicted octanol–water partition coefficient (Wildman–Crippen LogP) is 4.07. The minimum atomic E-state index is -1.47. The Morgan fingerprint density at radius 2 is 2.08 bits per heavy atom. The first-order valence-electron chi connectivity index (χ1n) is 8.85. The van der Waals surface area contributed by atoms with Gasteiger partial charge < -0.3 is 14.2 Å². The zero-order valence-electron chi connectivity index (χ0n) is 15.8. The fraction of sp³-hybridized carbons (Fsp3) is 0.737. The minimum Gasteiger partial charge on any atom is -0.449 e. The molecule has 0 N–H and O–H groups in total. The molecule has 0 bridgehead atoms. The van der Waals surface area contributed by atoms with Crippen LogP contribution in [0.25, 0.3) is 0 Å². The number of rotatable bonds is 7. The Labute approximate surface area is 147 Å². The molecule has 4 nitrogen and oxygen atoms in total. The number of carbonyl (C=O) groups excluding carboxylic acids is 1. The molecule has 0 aromatic heterocycles. The molecule has 1 heterocycles. The Hall–Kier alpha value is -1.09. The Balaban J connectivity index is 2.40. The molecule has 5 heteroatoms. The quantitative estimate of drug-likeness (QED) is 0.300. The van der Waals surface area contributed by atoms with E-state index in [0.29, 0.717) is 13.0 Å². The largest absolute Gasteiger partial charge is 0.449 e. The van der Waals surface area contributed by atoms with Crippen LogP contribution in [-0.4, -0.2) is 39.7 Å². The summed E-state index contributed by atoms with van der Waals surface area (Å²) in [5.74, 6) is 2.86. The fourth-order valence-corrected chi connectivity index (χ4v) is 2.86. The molecule has 24 heavy (non-hydrogen) atoms. The number of esters is 1. The third-order valence-corrected chi connectivity index (χ3v) is 4.37. The zero-order chi connectivity index (χ0) is 18.0. The van der Waals surface area contributed by atoms with Gasteiger partial charge in [0.1, 0.15) is 8.07 Å². The molecule has 2 atom stereocenters. The molecule has 0 aromatic rings. The van der Waals surface area contributed by atoms with Crippen molar-refractivity contribution in [1.82, 2.24) is 0 Å². The molecule has 0 aromatic carbocycles. The summed E-state index contributed by atoms with van der Waals surface area (Å²) >= 11 is 0. The van der Waals surface area contributed by atoms with Crippen molar-refractivity contribution in [3.8, 4) is 11.5 Å². The Bertz CT molecular complexity index is 476. The third-order valence-electron chi connectivity index (χ3n) is 3.47. The van der Waals surface area contributed by atoms with Gasteiger partial charge in [0.05, 0.1) is 6.61 Å². The van der Waals surface area contributed by atoms with E-state index in [4.69, 9.17) is 14.2 Å². The van der Waals surface area contributed by atoms with Crippen molar-refractivity contribution in [2.45, 2.75) is 78.0 Å². The maximum absolute atomic E-state index is 11.2. The molecule has 136 valence electrons. The summed E-state index contributed by atoms with van der Waals surface area (Å²) in [6.45, 7) is 11.4. The lowest BCUT2D eigenvalue weighted by molar-refractivity contribution is -0.156. The van der Waals surface area contributed by atoms with Gasteiger partial charge in [-0.05, 0) is 39.0 Å². The van der Waals surface area contributed by atoms with Gasteiger partial charge in [0.2, 0.25) is 0 Å². The number of ether oxygens (including phenoxy) is 3. The van der Waals surface area contributed by atoms with Crippen LogP contribution in [0.2, 0.25) is 19.6 Å². The lowest BCUT2D eigenvalue weighted by atomic mass is 10.1. The van der Waals surface area contributed by atoms with Crippen LogP contribution in [0.3, 0.4) is 0 Å². The molecule has 1 saturated heterocycles. The molecule has 0 aliphatic carbocycles. The molecule has 1 aliphatic heterocycles. The van der Waals surface area contributed by atoms with E-state index in [1.54, 1.807) is 0 Å². The highest BCUT2D eigenvalue weighted by Crippen LogP contribution is 2.15. The second-order valence-electron chi connectivity index (χ2n) is 7.35. The summed E-state index contributed by atoms with van der Waals surface area (Å²) in [6, 6.07) is 0. The lowest BCUT2D eigenvalue weighted by Crippen LogP contribution is -2.22. The smallest absolute Gasteiger partial charge is 0.303 e. The molecule has 0 radical (unpaired) electrons. The highest BCUT2D eigenvalue weighted by Gasteiger charge is 2.14. The van der Waals surface area contributed by atoms with E-state index in [1.807, 2.05) is 0 Å². The maximum atomic E-state index is 11.2. The Morgan fingerprint density at radius 1 is 1.33 bits per heavy atom. The normalized spacial score (nSPS) is 20.0. The standard InChI is InChI=1S/C19H32O4Si/c1-16(15-22-19-11-6-7-13-21-19)9-8-10-18(23-17(2)20)12-14-24(3,4)5/h9,18-19H,6-8,10-11,13,15H2,1-5H3/b16-9-/t18-,19?/m0/s1. The molecule has 1 unspecified atom stereocenters. The van der Waals surface area contributed by atoms with E-state index < -0.39 is 8.07 Å². The summed E-state index contributed by atoms with van der Waals surface area (Å²) in [6.07, 6.45) is 6.58. The van der Waals surface area contributed by atoms with Crippen LogP contribution in [0, 0.1) is 11.5 Å². The van der Waals surface area contributed by atoms with Crippen molar-refractivity contribution in [1.29, 1.82) is 0 Å². The number of hydrogen-bond donors (Lipinski definition) is 0. The van der Waals surface area contributed by atoms with E-state index in [-0.39, 0.29) is 18.4 Å². The van der Waals surface area contributed by atoms with Crippen molar-refractivity contribution in [2.75, 3.05) is 13.2 Å². The highest BCUT2D eigenvalue weighted by atomic mass is 28.3. The van der Waals surface area contributed by atoms with Crippen LogP contribution in [0.5, 0.6) is 0 Å². The van der Waals surface area contributed by atoms with Crippen LogP contribution >= 0.6 is 0 Å². The van der Waals surface area contributed by atoms with Crippen LogP contribution in [-0.2, 0) is 19.0 Å². The molecule has 1 rings (SSSR count). The summed E-state index contributed by atoms with van der Waals surface area (Å²) in [5, 5.41) is 0. The maximum Gasteiger partial charge on any atom is 0.303 e. The molecule has 1 fully saturated rings. The van der Waals surface area contributed by atoms with E-state index in [2.05, 4.69) is 44.1 Å². The van der Waals surface area contributed by atoms with Crippen LogP contribution in [0.15, 0.2) is 11.6 Å². The van der Waals surface area contributed by atoms with E-state index in [1.165, 1.54) is 18.9 Å². The third kappa shape index (κ3) is 10.6. The van der Waals surface area contributed by atoms with Gasteiger partial charge >= 0.3 is 5.97 Å². The molecule has 1 aliphatic rings. The van der Waals surface area contributed by atoms with Gasteiger partial charge in [-0.3, -0.25) is 4.79 Å². The Morgan fingerprint density at radius 3 is 2.67 bits per heavy atom.